The number of rotatable bonds is 4. The minimum absolute atomic E-state index is 0.0415. The molecule has 2 atom stereocenters. The number of benzene rings is 1. The second-order valence-electron chi connectivity index (χ2n) is 5.88. The van der Waals surface area contributed by atoms with Crippen molar-refractivity contribution in [2.75, 3.05) is 6.61 Å². The van der Waals surface area contributed by atoms with Gasteiger partial charge in [0.1, 0.15) is 11.9 Å². The predicted molar refractivity (Wildman–Crippen MR) is 85.1 cm³/mol. The van der Waals surface area contributed by atoms with Gasteiger partial charge in [-0.25, -0.2) is 4.39 Å². The lowest BCUT2D eigenvalue weighted by atomic mass is 9.88. The Bertz CT molecular complexity index is 722. The highest BCUT2D eigenvalue weighted by Gasteiger charge is 2.33. The maximum atomic E-state index is 13.8. The fraction of sp³-hybridized carbons (Fsp3) is 0.471. The summed E-state index contributed by atoms with van der Waals surface area (Å²) in [5.41, 5.74) is 2.01. The van der Waals surface area contributed by atoms with Crippen LogP contribution in [0.4, 0.5) is 4.39 Å². The van der Waals surface area contributed by atoms with E-state index in [9.17, 15) is 9.18 Å². The second kappa shape index (κ2) is 5.97. The van der Waals surface area contributed by atoms with Gasteiger partial charge in [-0.05, 0) is 42.0 Å². The summed E-state index contributed by atoms with van der Waals surface area (Å²) in [6, 6.07) is 3.12. The molecule has 3 nitrogen and oxygen atoms in total. The average molecular weight is 322 g/mol. The molecule has 2 unspecified atom stereocenters. The Morgan fingerprint density at radius 3 is 2.95 bits per heavy atom. The second-order valence-corrected chi connectivity index (χ2v) is 6.94. The number of halogens is 1. The molecule has 0 spiro atoms. The summed E-state index contributed by atoms with van der Waals surface area (Å²) in [4.78, 5) is 12.1. The molecule has 5 heteroatoms. The molecule has 0 radical (unpaired) electrons. The van der Waals surface area contributed by atoms with E-state index < -0.39 is 12.1 Å². The van der Waals surface area contributed by atoms with Crippen LogP contribution in [0.3, 0.4) is 0 Å². The van der Waals surface area contributed by atoms with E-state index in [1.807, 2.05) is 6.92 Å². The number of thiophene rings is 1. The molecule has 1 aromatic heterocycles. The lowest BCUT2D eigenvalue weighted by molar-refractivity contribution is -0.140. The van der Waals surface area contributed by atoms with Crippen LogP contribution in [0.15, 0.2) is 12.1 Å². The largest absolute Gasteiger partial charge is 0.481 e. The third-order valence-corrected chi connectivity index (χ3v) is 5.65. The third kappa shape index (κ3) is 2.63. The molecule has 1 N–H and O–H groups in total. The van der Waals surface area contributed by atoms with E-state index >= 15 is 0 Å². The smallest absolute Gasteiger partial charge is 0.306 e. The van der Waals surface area contributed by atoms with Gasteiger partial charge in [0.05, 0.1) is 13.0 Å². The van der Waals surface area contributed by atoms with Crippen molar-refractivity contribution in [1.29, 1.82) is 0 Å². The Morgan fingerprint density at radius 1 is 1.50 bits per heavy atom. The van der Waals surface area contributed by atoms with Crippen LogP contribution in [-0.2, 0) is 9.53 Å². The zero-order valence-electron chi connectivity index (χ0n) is 12.7. The highest BCUT2D eigenvalue weighted by Crippen LogP contribution is 2.47. The highest BCUT2D eigenvalue weighted by molar-refractivity contribution is 7.19. The van der Waals surface area contributed by atoms with Crippen LogP contribution in [-0.4, -0.2) is 17.7 Å². The van der Waals surface area contributed by atoms with Gasteiger partial charge in [-0.15, -0.1) is 11.3 Å². The van der Waals surface area contributed by atoms with Crippen molar-refractivity contribution in [3.8, 4) is 0 Å². The molecule has 3 rings (SSSR count). The summed E-state index contributed by atoms with van der Waals surface area (Å²) in [6.45, 7) is 4.53. The number of aliphatic carboxylic acids is 1. The van der Waals surface area contributed by atoms with Gasteiger partial charge in [0.15, 0.2) is 0 Å². The van der Waals surface area contributed by atoms with Crippen molar-refractivity contribution in [3.05, 3.63) is 34.0 Å². The summed E-state index contributed by atoms with van der Waals surface area (Å²) in [5, 5.41) is 10.0. The van der Waals surface area contributed by atoms with Gasteiger partial charge in [-0.2, -0.15) is 0 Å². The zero-order valence-corrected chi connectivity index (χ0v) is 13.5. The quantitative estimate of drug-likeness (QED) is 0.881. The molecule has 2 aromatic rings. The molecule has 0 amide bonds. The number of hydrogen-bond acceptors (Lipinski definition) is 3. The highest BCUT2D eigenvalue weighted by atomic mass is 32.1. The Kier molecular flexibility index (Phi) is 4.19. The van der Waals surface area contributed by atoms with Gasteiger partial charge in [-0.3, -0.25) is 4.79 Å². The molecule has 1 aromatic carbocycles. The number of carbonyl (C=O) groups is 1. The number of hydrogen-bond donors (Lipinski definition) is 1. The van der Waals surface area contributed by atoms with E-state index in [1.54, 1.807) is 17.4 Å². The van der Waals surface area contributed by atoms with Crippen molar-refractivity contribution < 1.29 is 19.0 Å². The van der Waals surface area contributed by atoms with Gasteiger partial charge >= 0.3 is 5.97 Å². The molecule has 0 aliphatic carbocycles. The Morgan fingerprint density at radius 2 is 2.27 bits per heavy atom. The van der Waals surface area contributed by atoms with Gasteiger partial charge < -0.3 is 9.84 Å². The molecular formula is C17H19FO3S. The van der Waals surface area contributed by atoms with E-state index in [4.69, 9.17) is 9.84 Å². The summed E-state index contributed by atoms with van der Waals surface area (Å²) in [5.74, 6) is -0.882. The van der Waals surface area contributed by atoms with Crippen molar-refractivity contribution in [2.45, 2.75) is 45.1 Å². The Labute approximate surface area is 132 Å². The zero-order chi connectivity index (χ0) is 15.9. The van der Waals surface area contributed by atoms with Crippen LogP contribution >= 0.6 is 11.3 Å². The van der Waals surface area contributed by atoms with Crippen LogP contribution < -0.4 is 0 Å². The minimum atomic E-state index is -0.870. The number of aryl methyl sites for hydroxylation is 1. The maximum absolute atomic E-state index is 13.8. The molecule has 1 aliphatic heterocycles. The summed E-state index contributed by atoms with van der Waals surface area (Å²) >= 11 is 1.56. The van der Waals surface area contributed by atoms with E-state index in [2.05, 4.69) is 6.92 Å². The van der Waals surface area contributed by atoms with Crippen LogP contribution in [0.25, 0.3) is 10.1 Å². The average Bonchev–Trinajstić information content (AvgIpc) is 2.82. The van der Waals surface area contributed by atoms with Crippen molar-refractivity contribution >= 4 is 27.4 Å². The fourth-order valence-corrected chi connectivity index (χ4v) is 4.69. The molecule has 22 heavy (non-hydrogen) atoms. The topological polar surface area (TPSA) is 46.5 Å². The molecule has 0 saturated carbocycles. The van der Waals surface area contributed by atoms with Crippen LogP contribution in [0.2, 0.25) is 0 Å². The van der Waals surface area contributed by atoms with E-state index in [-0.39, 0.29) is 18.2 Å². The number of fused-ring (bicyclic) bond motifs is 3. The molecule has 0 fully saturated rings. The molecule has 2 heterocycles. The van der Waals surface area contributed by atoms with Crippen LogP contribution in [0.5, 0.6) is 0 Å². The van der Waals surface area contributed by atoms with E-state index in [1.165, 1.54) is 6.07 Å². The number of ether oxygens (including phenoxy) is 1. The normalized spacial score (nSPS) is 21.0. The summed E-state index contributed by atoms with van der Waals surface area (Å²) in [7, 11) is 0. The van der Waals surface area contributed by atoms with Crippen molar-refractivity contribution in [3.63, 3.8) is 0 Å². The van der Waals surface area contributed by atoms with Gasteiger partial charge in [0.2, 0.25) is 0 Å². The Balaban J connectivity index is 2.19. The standard InChI is InChI=1S/C17H19FO3S/c1-3-4-10-8-21-13(7-14(19)20)17-15(10)12-6-11(18)5-9(2)16(12)22-17/h5-6,10,13H,3-4,7-8H2,1-2H3,(H,19,20). The van der Waals surface area contributed by atoms with E-state index in [0.29, 0.717) is 6.61 Å². The van der Waals surface area contributed by atoms with Crippen LogP contribution in [0.1, 0.15) is 54.2 Å². The van der Waals surface area contributed by atoms with Gasteiger partial charge in [0.25, 0.3) is 0 Å². The third-order valence-electron chi connectivity index (χ3n) is 4.20. The SMILES string of the molecule is CCCC1COC(CC(=O)O)c2sc3c(C)cc(F)cc3c21. The van der Waals surface area contributed by atoms with Crippen LogP contribution in [0, 0.1) is 12.7 Å². The lowest BCUT2D eigenvalue weighted by Gasteiger charge is -2.29. The van der Waals surface area contributed by atoms with E-state index in [0.717, 1.165) is 38.9 Å². The molecule has 118 valence electrons. The number of carboxylic acid groups (broad SMARTS) is 1. The first-order chi connectivity index (χ1) is 10.5. The monoisotopic (exact) mass is 322 g/mol. The fourth-order valence-electron chi connectivity index (χ4n) is 3.30. The maximum Gasteiger partial charge on any atom is 0.306 e. The van der Waals surface area contributed by atoms with Gasteiger partial charge in [-0.1, -0.05) is 13.3 Å². The first-order valence-corrected chi connectivity index (χ1v) is 8.38. The minimum Gasteiger partial charge on any atom is -0.481 e. The summed E-state index contributed by atoms with van der Waals surface area (Å²) in [6.07, 6.45) is 1.53. The first-order valence-electron chi connectivity index (χ1n) is 7.57. The van der Waals surface area contributed by atoms with Crippen molar-refractivity contribution in [1.82, 2.24) is 0 Å². The lowest BCUT2D eigenvalue weighted by Crippen LogP contribution is -2.21. The van der Waals surface area contributed by atoms with Crippen molar-refractivity contribution in [2.24, 2.45) is 0 Å². The first kappa shape index (κ1) is 15.4. The molecule has 0 bridgehead atoms. The predicted octanol–water partition coefficient (Wildman–Crippen LogP) is 4.78. The van der Waals surface area contributed by atoms with Gasteiger partial charge in [0, 0.05) is 15.5 Å². The molecule has 1 aliphatic rings. The molecule has 0 saturated heterocycles. The Hall–Kier alpha value is -1.46. The summed E-state index contributed by atoms with van der Waals surface area (Å²) < 4.78 is 20.7. The molecular weight excluding hydrogens is 303 g/mol. The number of carboxylic acids is 1.